The molecule has 0 saturated heterocycles. The van der Waals surface area contributed by atoms with Crippen molar-refractivity contribution >= 4 is 17.2 Å². The molecular weight excluding hydrogens is 456 g/mol. The Labute approximate surface area is 208 Å². The highest BCUT2D eigenvalue weighted by molar-refractivity contribution is 7.13. The molecule has 5 rings (SSSR count). The van der Waals surface area contributed by atoms with Gasteiger partial charge in [0.05, 0.1) is 25.6 Å². The van der Waals surface area contributed by atoms with E-state index in [1.54, 1.807) is 31.9 Å². The van der Waals surface area contributed by atoms with E-state index in [9.17, 15) is 0 Å². The van der Waals surface area contributed by atoms with Crippen LogP contribution in [0.3, 0.4) is 0 Å². The molecule has 6 nitrogen and oxygen atoms in total. The first-order valence-electron chi connectivity index (χ1n) is 11.1. The third kappa shape index (κ3) is 5.15. The Morgan fingerprint density at radius 3 is 2.29 bits per heavy atom. The summed E-state index contributed by atoms with van der Waals surface area (Å²) < 4.78 is 10.8. The maximum absolute atomic E-state index is 5.42. The van der Waals surface area contributed by atoms with Gasteiger partial charge in [-0.05, 0) is 23.8 Å². The topological polar surface area (TPSA) is 69.2 Å². The van der Waals surface area contributed by atoms with Gasteiger partial charge in [0.25, 0.3) is 0 Å². The van der Waals surface area contributed by atoms with Crippen LogP contribution in [0, 0.1) is 0 Å². The molecule has 0 aliphatic rings. The van der Waals surface area contributed by atoms with Crippen LogP contribution in [-0.4, -0.2) is 29.2 Å². The van der Waals surface area contributed by atoms with Crippen molar-refractivity contribution in [3.63, 3.8) is 0 Å². The highest BCUT2D eigenvalue weighted by Crippen LogP contribution is 2.34. The molecule has 2 aromatic heterocycles. The van der Waals surface area contributed by atoms with E-state index in [0.29, 0.717) is 18.0 Å². The second kappa shape index (κ2) is 10.4. The van der Waals surface area contributed by atoms with E-state index < -0.39 is 0 Å². The summed E-state index contributed by atoms with van der Waals surface area (Å²) in [6.07, 6.45) is 1.59. The molecule has 35 heavy (non-hydrogen) atoms. The summed E-state index contributed by atoms with van der Waals surface area (Å²) in [5.74, 6) is 2.19. The fourth-order valence-electron chi connectivity index (χ4n) is 3.71. The van der Waals surface area contributed by atoms with Gasteiger partial charge in [-0.1, -0.05) is 54.6 Å². The lowest BCUT2D eigenvalue weighted by Crippen LogP contribution is -2.02. The minimum absolute atomic E-state index is 0.667. The standard InChI is InChI=1S/C28H24N4O2S/c1-33-25-13-12-22(14-26(25)34-2)24-17-35-28(32-24)21-10-8-19(9-11-21)16-29-27-15-23(30-18-31-27)20-6-4-3-5-7-20/h3-15,17-18H,16H2,1-2H3,(H,29,30,31). The number of benzene rings is 3. The van der Waals surface area contributed by atoms with Crippen LogP contribution in [0.2, 0.25) is 0 Å². The molecule has 1 N–H and O–H groups in total. The molecule has 7 heteroatoms. The van der Waals surface area contributed by atoms with Crippen LogP contribution < -0.4 is 14.8 Å². The second-order valence-electron chi connectivity index (χ2n) is 7.81. The minimum atomic E-state index is 0.667. The molecule has 0 saturated carbocycles. The lowest BCUT2D eigenvalue weighted by molar-refractivity contribution is 0.355. The molecule has 174 valence electrons. The van der Waals surface area contributed by atoms with Gasteiger partial charge in [-0.25, -0.2) is 15.0 Å². The quantitative estimate of drug-likeness (QED) is 0.271. The number of hydrogen-bond donors (Lipinski definition) is 1. The number of nitrogens with one attached hydrogen (secondary N) is 1. The maximum atomic E-state index is 5.42. The van der Waals surface area contributed by atoms with Gasteiger partial charge in [0.15, 0.2) is 11.5 Å². The zero-order valence-corrected chi connectivity index (χ0v) is 20.3. The predicted octanol–water partition coefficient (Wildman–Crippen LogP) is 6.56. The van der Waals surface area contributed by atoms with Gasteiger partial charge in [-0.2, -0.15) is 0 Å². The van der Waals surface area contributed by atoms with Crippen molar-refractivity contribution in [1.82, 2.24) is 15.0 Å². The summed E-state index contributed by atoms with van der Waals surface area (Å²) in [7, 11) is 3.27. The molecular formula is C28H24N4O2S. The smallest absolute Gasteiger partial charge is 0.161 e. The average Bonchev–Trinajstić information content (AvgIpc) is 3.43. The number of methoxy groups -OCH3 is 2. The third-order valence-corrected chi connectivity index (χ3v) is 6.49. The van der Waals surface area contributed by atoms with Crippen LogP contribution >= 0.6 is 11.3 Å². The van der Waals surface area contributed by atoms with Crippen LogP contribution in [0.5, 0.6) is 11.5 Å². The summed E-state index contributed by atoms with van der Waals surface area (Å²) >= 11 is 1.62. The Morgan fingerprint density at radius 1 is 0.743 bits per heavy atom. The van der Waals surface area contributed by atoms with E-state index >= 15 is 0 Å². The molecule has 0 bridgehead atoms. The van der Waals surface area contributed by atoms with Crippen molar-refractivity contribution in [2.75, 3.05) is 19.5 Å². The third-order valence-electron chi connectivity index (χ3n) is 5.59. The number of ether oxygens (including phenoxy) is 2. The molecule has 0 unspecified atom stereocenters. The first-order chi connectivity index (χ1) is 17.2. The molecule has 2 heterocycles. The monoisotopic (exact) mass is 480 g/mol. The fraction of sp³-hybridized carbons (Fsp3) is 0.107. The highest BCUT2D eigenvalue weighted by atomic mass is 32.1. The number of aromatic nitrogens is 3. The van der Waals surface area contributed by atoms with Crippen molar-refractivity contribution in [2.24, 2.45) is 0 Å². The number of anilines is 1. The molecule has 0 radical (unpaired) electrons. The van der Waals surface area contributed by atoms with Crippen molar-refractivity contribution in [2.45, 2.75) is 6.54 Å². The van der Waals surface area contributed by atoms with Gasteiger partial charge >= 0.3 is 0 Å². The molecule has 0 aliphatic heterocycles. The second-order valence-corrected chi connectivity index (χ2v) is 8.67. The molecule has 0 atom stereocenters. The first kappa shape index (κ1) is 22.6. The lowest BCUT2D eigenvalue weighted by Gasteiger charge is -2.08. The largest absolute Gasteiger partial charge is 0.493 e. The summed E-state index contributed by atoms with van der Waals surface area (Å²) in [6.45, 7) is 0.667. The SMILES string of the molecule is COc1ccc(-c2csc(-c3ccc(CNc4cc(-c5ccccc5)ncn4)cc3)n2)cc1OC. The van der Waals surface area contributed by atoms with Crippen LogP contribution in [0.15, 0.2) is 90.6 Å². The number of hydrogen-bond acceptors (Lipinski definition) is 7. The van der Waals surface area contributed by atoms with Crippen LogP contribution in [0.25, 0.3) is 33.1 Å². The van der Waals surface area contributed by atoms with E-state index in [1.165, 1.54) is 0 Å². The molecule has 0 amide bonds. The van der Waals surface area contributed by atoms with Crippen LogP contribution in [-0.2, 0) is 6.54 Å². The van der Waals surface area contributed by atoms with Crippen molar-refractivity contribution in [3.8, 4) is 44.6 Å². The van der Waals surface area contributed by atoms with E-state index in [2.05, 4.69) is 44.9 Å². The molecule has 5 aromatic rings. The fourth-order valence-corrected chi connectivity index (χ4v) is 4.55. The van der Waals surface area contributed by atoms with Crippen LogP contribution in [0.4, 0.5) is 5.82 Å². The summed E-state index contributed by atoms with van der Waals surface area (Å²) in [4.78, 5) is 13.6. The van der Waals surface area contributed by atoms with Gasteiger partial charge in [0.1, 0.15) is 17.2 Å². The normalized spacial score (nSPS) is 10.7. The van der Waals surface area contributed by atoms with E-state index in [4.69, 9.17) is 14.5 Å². The van der Waals surface area contributed by atoms with Crippen molar-refractivity contribution in [3.05, 3.63) is 96.1 Å². The Balaban J connectivity index is 1.26. The van der Waals surface area contributed by atoms with E-state index in [0.717, 1.165) is 44.5 Å². The Bertz CT molecular complexity index is 1420. The highest BCUT2D eigenvalue weighted by Gasteiger charge is 2.11. The summed E-state index contributed by atoms with van der Waals surface area (Å²) in [5, 5.41) is 6.42. The predicted molar refractivity (Wildman–Crippen MR) is 141 cm³/mol. The van der Waals surface area contributed by atoms with Crippen molar-refractivity contribution < 1.29 is 9.47 Å². The molecule has 0 fully saturated rings. The number of nitrogens with zero attached hydrogens (tertiary/aromatic N) is 3. The van der Waals surface area contributed by atoms with E-state index in [-0.39, 0.29) is 0 Å². The average molecular weight is 481 g/mol. The lowest BCUT2D eigenvalue weighted by atomic mass is 10.1. The zero-order valence-electron chi connectivity index (χ0n) is 19.4. The molecule has 3 aromatic carbocycles. The number of thiazole rings is 1. The van der Waals surface area contributed by atoms with Gasteiger partial charge in [0.2, 0.25) is 0 Å². The minimum Gasteiger partial charge on any atom is -0.493 e. The van der Waals surface area contributed by atoms with Gasteiger partial charge in [-0.3, -0.25) is 0 Å². The maximum Gasteiger partial charge on any atom is 0.161 e. The molecule has 0 spiro atoms. The first-order valence-corrected chi connectivity index (χ1v) is 12.0. The molecule has 0 aliphatic carbocycles. The number of rotatable bonds is 8. The summed E-state index contributed by atoms with van der Waals surface area (Å²) in [5.41, 5.74) is 6.11. The Kier molecular flexibility index (Phi) is 6.68. The van der Waals surface area contributed by atoms with Gasteiger partial charge in [0, 0.05) is 34.7 Å². The Hall–Kier alpha value is -4.23. The van der Waals surface area contributed by atoms with Crippen molar-refractivity contribution in [1.29, 1.82) is 0 Å². The van der Waals surface area contributed by atoms with Gasteiger partial charge < -0.3 is 14.8 Å². The Morgan fingerprint density at radius 2 is 1.51 bits per heavy atom. The van der Waals surface area contributed by atoms with Gasteiger partial charge in [-0.15, -0.1) is 11.3 Å². The van der Waals surface area contributed by atoms with E-state index in [1.807, 2.05) is 54.6 Å². The zero-order chi connectivity index (χ0) is 24.0. The van der Waals surface area contributed by atoms with Crippen LogP contribution in [0.1, 0.15) is 5.56 Å². The summed E-state index contributed by atoms with van der Waals surface area (Å²) in [6, 6.07) is 26.3.